The quantitative estimate of drug-likeness (QED) is 0.757. The number of rotatable bonds is 2. The van der Waals surface area contributed by atoms with Crippen LogP contribution in [0.3, 0.4) is 0 Å². The Morgan fingerprint density at radius 3 is 2.48 bits per heavy atom. The zero-order valence-corrected chi connectivity index (χ0v) is 11.4. The first-order valence-electron chi connectivity index (χ1n) is 6.03. The SMILES string of the molecule is Nc1noc(-c2cc(F)ccc2F)c1-c1ccc(Cl)cc1. The molecule has 0 fully saturated rings. The van der Waals surface area contributed by atoms with Crippen LogP contribution < -0.4 is 5.73 Å². The number of nitrogen functional groups attached to an aromatic ring is 1. The molecule has 21 heavy (non-hydrogen) atoms. The molecule has 6 heteroatoms. The van der Waals surface area contributed by atoms with Crippen molar-refractivity contribution in [2.24, 2.45) is 0 Å². The first-order chi connectivity index (χ1) is 10.1. The molecule has 0 atom stereocenters. The van der Waals surface area contributed by atoms with E-state index >= 15 is 0 Å². The third kappa shape index (κ3) is 2.48. The summed E-state index contributed by atoms with van der Waals surface area (Å²) in [7, 11) is 0. The molecule has 0 bridgehead atoms. The summed E-state index contributed by atoms with van der Waals surface area (Å²) < 4.78 is 32.3. The van der Waals surface area contributed by atoms with Gasteiger partial charge in [0.25, 0.3) is 0 Å². The maximum atomic E-state index is 13.9. The molecule has 0 aliphatic heterocycles. The van der Waals surface area contributed by atoms with Gasteiger partial charge in [-0.3, -0.25) is 0 Å². The number of aromatic nitrogens is 1. The zero-order chi connectivity index (χ0) is 15.0. The smallest absolute Gasteiger partial charge is 0.179 e. The van der Waals surface area contributed by atoms with Gasteiger partial charge in [0.05, 0.1) is 11.1 Å². The van der Waals surface area contributed by atoms with E-state index < -0.39 is 11.6 Å². The molecule has 1 heterocycles. The van der Waals surface area contributed by atoms with Crippen molar-refractivity contribution in [1.82, 2.24) is 5.16 Å². The average Bonchev–Trinajstić information content (AvgIpc) is 2.84. The van der Waals surface area contributed by atoms with Gasteiger partial charge in [-0.15, -0.1) is 0 Å². The maximum Gasteiger partial charge on any atom is 0.179 e. The van der Waals surface area contributed by atoms with Crippen molar-refractivity contribution < 1.29 is 13.3 Å². The molecule has 0 radical (unpaired) electrons. The molecule has 0 unspecified atom stereocenters. The Labute approximate surface area is 123 Å². The van der Waals surface area contributed by atoms with Crippen LogP contribution in [0.25, 0.3) is 22.5 Å². The van der Waals surface area contributed by atoms with Gasteiger partial charge in [0.15, 0.2) is 11.6 Å². The van der Waals surface area contributed by atoms with E-state index in [0.717, 1.165) is 18.2 Å². The number of benzene rings is 2. The van der Waals surface area contributed by atoms with Gasteiger partial charge in [-0.25, -0.2) is 8.78 Å². The van der Waals surface area contributed by atoms with Crippen LogP contribution in [0.4, 0.5) is 14.6 Å². The van der Waals surface area contributed by atoms with Crippen LogP contribution in [-0.2, 0) is 0 Å². The van der Waals surface area contributed by atoms with Gasteiger partial charge >= 0.3 is 0 Å². The Balaban J connectivity index is 2.21. The summed E-state index contributed by atoms with van der Waals surface area (Å²) in [6.45, 7) is 0. The van der Waals surface area contributed by atoms with Crippen LogP contribution in [0.1, 0.15) is 0 Å². The summed E-state index contributed by atoms with van der Waals surface area (Å²) in [6.07, 6.45) is 0. The number of hydrogen-bond acceptors (Lipinski definition) is 3. The van der Waals surface area contributed by atoms with Crippen molar-refractivity contribution >= 4 is 17.4 Å². The van der Waals surface area contributed by atoms with Gasteiger partial charge < -0.3 is 10.3 Å². The number of nitrogens with two attached hydrogens (primary N) is 1. The second-order valence-electron chi connectivity index (χ2n) is 4.40. The van der Waals surface area contributed by atoms with Crippen molar-refractivity contribution in [3.8, 4) is 22.5 Å². The largest absolute Gasteiger partial charge is 0.380 e. The molecule has 0 amide bonds. The van der Waals surface area contributed by atoms with Crippen LogP contribution in [0.5, 0.6) is 0 Å². The molecule has 3 nitrogen and oxygen atoms in total. The number of anilines is 1. The molecule has 2 aromatic carbocycles. The Morgan fingerprint density at radius 2 is 1.76 bits per heavy atom. The second kappa shape index (κ2) is 5.18. The minimum Gasteiger partial charge on any atom is -0.380 e. The highest BCUT2D eigenvalue weighted by Gasteiger charge is 2.20. The van der Waals surface area contributed by atoms with Gasteiger partial charge in [-0.1, -0.05) is 28.9 Å². The topological polar surface area (TPSA) is 52.0 Å². The van der Waals surface area contributed by atoms with E-state index in [9.17, 15) is 8.78 Å². The highest BCUT2D eigenvalue weighted by molar-refractivity contribution is 6.30. The number of hydrogen-bond donors (Lipinski definition) is 1. The third-order valence-corrected chi connectivity index (χ3v) is 3.28. The fraction of sp³-hybridized carbons (Fsp3) is 0. The highest BCUT2D eigenvalue weighted by atomic mass is 35.5. The monoisotopic (exact) mass is 306 g/mol. The van der Waals surface area contributed by atoms with E-state index in [4.69, 9.17) is 21.9 Å². The predicted molar refractivity (Wildman–Crippen MR) is 76.7 cm³/mol. The molecule has 3 rings (SSSR count). The minimum absolute atomic E-state index is 0.0378. The van der Waals surface area contributed by atoms with E-state index in [1.54, 1.807) is 24.3 Å². The molecular formula is C15H9ClF2N2O. The summed E-state index contributed by atoms with van der Waals surface area (Å²) in [6, 6.07) is 9.81. The average molecular weight is 307 g/mol. The lowest BCUT2D eigenvalue weighted by Gasteiger charge is -2.04. The number of halogens is 3. The Morgan fingerprint density at radius 1 is 1.05 bits per heavy atom. The van der Waals surface area contributed by atoms with Crippen molar-refractivity contribution in [3.63, 3.8) is 0 Å². The van der Waals surface area contributed by atoms with Gasteiger partial charge in [0.1, 0.15) is 11.6 Å². The van der Waals surface area contributed by atoms with Crippen molar-refractivity contribution in [3.05, 3.63) is 59.1 Å². The first kappa shape index (κ1) is 13.6. The lowest BCUT2D eigenvalue weighted by Crippen LogP contribution is -1.90. The normalized spacial score (nSPS) is 10.8. The predicted octanol–water partition coefficient (Wildman–Crippen LogP) is 4.52. The minimum atomic E-state index is -0.622. The van der Waals surface area contributed by atoms with Crippen LogP contribution >= 0.6 is 11.6 Å². The van der Waals surface area contributed by atoms with Gasteiger partial charge in [0.2, 0.25) is 0 Å². The third-order valence-electron chi connectivity index (χ3n) is 3.02. The molecule has 106 valence electrons. The summed E-state index contributed by atoms with van der Waals surface area (Å²) in [5.74, 6) is -1.03. The maximum absolute atomic E-state index is 13.9. The molecule has 0 spiro atoms. The molecule has 3 aromatic rings. The fourth-order valence-electron chi connectivity index (χ4n) is 2.05. The van der Waals surface area contributed by atoms with Crippen molar-refractivity contribution in [2.45, 2.75) is 0 Å². The molecule has 2 N–H and O–H groups in total. The lowest BCUT2D eigenvalue weighted by molar-refractivity contribution is 0.433. The summed E-state index contributed by atoms with van der Waals surface area (Å²) in [5, 5.41) is 4.19. The summed E-state index contributed by atoms with van der Waals surface area (Å²) in [4.78, 5) is 0. The van der Waals surface area contributed by atoms with Crippen molar-refractivity contribution in [1.29, 1.82) is 0 Å². The Bertz CT molecular complexity index is 800. The molecular weight excluding hydrogens is 298 g/mol. The van der Waals surface area contributed by atoms with Gasteiger partial charge in [0, 0.05) is 5.02 Å². The second-order valence-corrected chi connectivity index (χ2v) is 4.84. The first-order valence-corrected chi connectivity index (χ1v) is 6.40. The van der Waals surface area contributed by atoms with E-state index in [-0.39, 0.29) is 17.1 Å². The van der Waals surface area contributed by atoms with E-state index in [2.05, 4.69) is 5.16 Å². The zero-order valence-electron chi connectivity index (χ0n) is 10.6. The Kier molecular flexibility index (Phi) is 3.35. The van der Waals surface area contributed by atoms with Crippen LogP contribution in [0.15, 0.2) is 47.0 Å². The number of nitrogens with zero attached hydrogens (tertiary/aromatic N) is 1. The van der Waals surface area contributed by atoms with E-state index in [1.165, 1.54) is 0 Å². The van der Waals surface area contributed by atoms with Gasteiger partial charge in [-0.05, 0) is 35.9 Å². The van der Waals surface area contributed by atoms with Crippen molar-refractivity contribution in [2.75, 3.05) is 5.73 Å². The molecule has 0 aliphatic rings. The molecule has 0 saturated heterocycles. The van der Waals surface area contributed by atoms with Crippen LogP contribution in [0, 0.1) is 11.6 Å². The van der Waals surface area contributed by atoms with Crippen LogP contribution in [-0.4, -0.2) is 5.16 Å². The van der Waals surface area contributed by atoms with E-state index in [0.29, 0.717) is 16.1 Å². The highest BCUT2D eigenvalue weighted by Crippen LogP contribution is 2.38. The van der Waals surface area contributed by atoms with E-state index in [1.807, 2.05) is 0 Å². The van der Waals surface area contributed by atoms with Crippen LogP contribution in [0.2, 0.25) is 5.02 Å². The molecule has 0 aliphatic carbocycles. The summed E-state index contributed by atoms with van der Waals surface area (Å²) >= 11 is 5.84. The summed E-state index contributed by atoms with van der Waals surface area (Å²) in [5.41, 5.74) is 6.79. The fourth-order valence-corrected chi connectivity index (χ4v) is 2.18. The Hall–Kier alpha value is -2.40. The lowest BCUT2D eigenvalue weighted by atomic mass is 10.0. The molecule has 1 aromatic heterocycles. The van der Waals surface area contributed by atoms with Gasteiger partial charge in [-0.2, -0.15) is 0 Å². The standard InChI is InChI=1S/C15H9ClF2N2O/c16-9-3-1-8(2-4-9)13-14(21-20-15(13)19)11-7-10(17)5-6-12(11)18/h1-7H,(H2,19,20). The molecule has 0 saturated carbocycles.